The number of aromatic nitrogens is 1. The molecule has 0 atom stereocenters. The molecule has 0 spiro atoms. The number of aliphatic carboxylic acids is 1. The standard InChI is InChI=1S/C27H38N2O3/c1-27(2,3)21-5-8-23(9-6-21)32-24-10-11-25-20(18-24)4-7-22(28-25)14-17-29-15-12-19(13-16-29)26(30)31/h4,7,10-11,18-19,21,23H,5-6,8-9,12-17H2,1-3H3,(H,30,31). The van der Waals surface area contributed by atoms with Crippen LogP contribution in [0.25, 0.3) is 10.9 Å². The minimum Gasteiger partial charge on any atom is -0.490 e. The second-order valence-electron chi connectivity index (χ2n) is 10.8. The predicted octanol–water partition coefficient (Wildman–Crippen LogP) is 5.56. The van der Waals surface area contributed by atoms with Gasteiger partial charge in [-0.15, -0.1) is 0 Å². The van der Waals surface area contributed by atoms with Crippen molar-refractivity contribution in [2.75, 3.05) is 19.6 Å². The van der Waals surface area contributed by atoms with E-state index in [4.69, 9.17) is 14.8 Å². The van der Waals surface area contributed by atoms with Gasteiger partial charge in [-0.3, -0.25) is 9.78 Å². The Kier molecular flexibility index (Phi) is 7.04. The minimum absolute atomic E-state index is 0.171. The number of fused-ring (bicyclic) bond motifs is 1. The average molecular weight is 439 g/mol. The molecule has 0 bridgehead atoms. The number of likely N-dealkylation sites (tertiary alicyclic amines) is 1. The maximum Gasteiger partial charge on any atom is 0.306 e. The van der Waals surface area contributed by atoms with Gasteiger partial charge in [0, 0.05) is 24.0 Å². The smallest absolute Gasteiger partial charge is 0.306 e. The maximum absolute atomic E-state index is 11.1. The lowest BCUT2D eigenvalue weighted by Crippen LogP contribution is -2.37. The van der Waals surface area contributed by atoms with Crippen LogP contribution in [0.3, 0.4) is 0 Å². The topological polar surface area (TPSA) is 62.7 Å². The molecule has 2 heterocycles. The molecule has 4 rings (SSSR count). The summed E-state index contributed by atoms with van der Waals surface area (Å²) < 4.78 is 6.33. The summed E-state index contributed by atoms with van der Waals surface area (Å²) in [5, 5.41) is 10.3. The number of hydrogen-bond donors (Lipinski definition) is 1. The predicted molar refractivity (Wildman–Crippen MR) is 128 cm³/mol. The Morgan fingerprint density at radius 3 is 2.44 bits per heavy atom. The highest BCUT2D eigenvalue weighted by molar-refractivity contribution is 5.80. The Balaban J connectivity index is 1.29. The first kappa shape index (κ1) is 23.0. The van der Waals surface area contributed by atoms with E-state index in [1.165, 1.54) is 12.8 Å². The Morgan fingerprint density at radius 1 is 1.06 bits per heavy atom. The molecule has 5 nitrogen and oxygen atoms in total. The van der Waals surface area contributed by atoms with Crippen molar-refractivity contribution < 1.29 is 14.6 Å². The van der Waals surface area contributed by atoms with Crippen molar-refractivity contribution >= 4 is 16.9 Å². The Bertz CT molecular complexity index is 920. The Morgan fingerprint density at radius 2 is 1.78 bits per heavy atom. The van der Waals surface area contributed by atoms with Crippen LogP contribution < -0.4 is 4.74 Å². The van der Waals surface area contributed by atoms with E-state index < -0.39 is 5.97 Å². The maximum atomic E-state index is 11.1. The summed E-state index contributed by atoms with van der Waals surface area (Å²) in [6.45, 7) is 9.72. The number of carboxylic acids is 1. The van der Waals surface area contributed by atoms with Crippen LogP contribution in [0.2, 0.25) is 0 Å². The van der Waals surface area contributed by atoms with Crippen molar-refractivity contribution in [3.63, 3.8) is 0 Å². The van der Waals surface area contributed by atoms with Gasteiger partial charge in [-0.05, 0) is 87.2 Å². The van der Waals surface area contributed by atoms with Gasteiger partial charge in [-0.2, -0.15) is 0 Å². The van der Waals surface area contributed by atoms with Crippen LogP contribution in [0, 0.1) is 17.3 Å². The van der Waals surface area contributed by atoms with Gasteiger partial charge in [-0.25, -0.2) is 0 Å². The van der Waals surface area contributed by atoms with Gasteiger partial charge in [0.2, 0.25) is 0 Å². The zero-order valence-corrected chi connectivity index (χ0v) is 19.8. The number of nitrogens with zero attached hydrogens (tertiary/aromatic N) is 2. The van der Waals surface area contributed by atoms with Crippen LogP contribution in [0.4, 0.5) is 0 Å². The van der Waals surface area contributed by atoms with Gasteiger partial charge in [0.25, 0.3) is 0 Å². The minimum atomic E-state index is -0.651. The van der Waals surface area contributed by atoms with Crippen molar-refractivity contribution in [3.8, 4) is 5.75 Å². The fraction of sp³-hybridized carbons (Fsp3) is 0.630. The lowest BCUT2D eigenvalue weighted by molar-refractivity contribution is -0.143. The molecular weight excluding hydrogens is 400 g/mol. The van der Waals surface area contributed by atoms with E-state index in [1.807, 2.05) is 0 Å². The largest absolute Gasteiger partial charge is 0.490 e. The summed E-state index contributed by atoms with van der Waals surface area (Å²) in [6.07, 6.45) is 7.50. The van der Waals surface area contributed by atoms with Gasteiger partial charge in [-0.1, -0.05) is 26.8 Å². The molecule has 1 N–H and O–H groups in total. The fourth-order valence-corrected chi connectivity index (χ4v) is 5.27. The summed E-state index contributed by atoms with van der Waals surface area (Å²) in [7, 11) is 0. The van der Waals surface area contributed by atoms with Crippen LogP contribution in [-0.2, 0) is 11.2 Å². The van der Waals surface area contributed by atoms with Crippen LogP contribution in [0.5, 0.6) is 5.75 Å². The van der Waals surface area contributed by atoms with Crippen LogP contribution in [0.1, 0.15) is 65.0 Å². The number of rotatable bonds is 6. The first-order chi connectivity index (χ1) is 15.3. The summed E-state index contributed by atoms with van der Waals surface area (Å²) in [6, 6.07) is 10.5. The van der Waals surface area contributed by atoms with E-state index in [0.29, 0.717) is 11.5 Å². The van der Waals surface area contributed by atoms with Gasteiger partial charge in [0.05, 0.1) is 17.5 Å². The van der Waals surface area contributed by atoms with Crippen LogP contribution in [-0.4, -0.2) is 46.7 Å². The third kappa shape index (κ3) is 5.80. The third-order valence-corrected chi connectivity index (χ3v) is 7.54. The number of piperidine rings is 1. The molecule has 1 aromatic carbocycles. The lowest BCUT2D eigenvalue weighted by Gasteiger charge is -2.36. The molecule has 2 aromatic rings. The van der Waals surface area contributed by atoms with E-state index >= 15 is 0 Å². The van der Waals surface area contributed by atoms with Crippen molar-refractivity contribution in [2.24, 2.45) is 17.3 Å². The van der Waals surface area contributed by atoms with Crippen molar-refractivity contribution in [2.45, 2.75) is 71.8 Å². The van der Waals surface area contributed by atoms with Crippen LogP contribution >= 0.6 is 0 Å². The second kappa shape index (κ2) is 9.78. The zero-order chi connectivity index (χ0) is 22.7. The van der Waals surface area contributed by atoms with E-state index in [-0.39, 0.29) is 5.92 Å². The number of carbonyl (C=O) groups is 1. The number of pyridine rings is 1. The molecule has 5 heteroatoms. The van der Waals surface area contributed by atoms with Gasteiger partial charge in [0.1, 0.15) is 5.75 Å². The highest BCUT2D eigenvalue weighted by Crippen LogP contribution is 2.39. The molecule has 1 saturated carbocycles. The average Bonchev–Trinajstić information content (AvgIpc) is 2.77. The fourth-order valence-electron chi connectivity index (χ4n) is 5.27. The molecule has 1 saturated heterocycles. The molecule has 1 aliphatic carbocycles. The molecule has 2 fully saturated rings. The normalized spacial score (nSPS) is 23.3. The van der Waals surface area contributed by atoms with Crippen molar-refractivity contribution in [1.29, 1.82) is 0 Å². The molecule has 32 heavy (non-hydrogen) atoms. The van der Waals surface area contributed by atoms with Gasteiger partial charge < -0.3 is 14.7 Å². The first-order valence-electron chi connectivity index (χ1n) is 12.3. The van der Waals surface area contributed by atoms with E-state index in [9.17, 15) is 4.79 Å². The highest BCUT2D eigenvalue weighted by atomic mass is 16.5. The number of carboxylic acid groups (broad SMARTS) is 1. The third-order valence-electron chi connectivity index (χ3n) is 7.54. The molecule has 1 aromatic heterocycles. The summed E-state index contributed by atoms with van der Waals surface area (Å²) in [5.41, 5.74) is 2.49. The summed E-state index contributed by atoms with van der Waals surface area (Å²) in [5.74, 6) is 0.925. The van der Waals surface area contributed by atoms with Crippen molar-refractivity contribution in [1.82, 2.24) is 9.88 Å². The number of benzene rings is 1. The van der Waals surface area contributed by atoms with Gasteiger partial charge >= 0.3 is 5.97 Å². The van der Waals surface area contributed by atoms with E-state index in [0.717, 1.165) is 80.0 Å². The molecule has 174 valence electrons. The SMILES string of the molecule is CC(C)(C)C1CCC(Oc2ccc3nc(CCN4CCC(C(=O)O)CC4)ccc3c2)CC1. The summed E-state index contributed by atoms with van der Waals surface area (Å²) >= 11 is 0. The monoisotopic (exact) mass is 438 g/mol. The first-order valence-corrected chi connectivity index (χ1v) is 12.3. The molecule has 2 aliphatic rings. The van der Waals surface area contributed by atoms with Crippen LogP contribution in [0.15, 0.2) is 30.3 Å². The van der Waals surface area contributed by atoms with Crippen molar-refractivity contribution in [3.05, 3.63) is 36.0 Å². The molecule has 0 radical (unpaired) electrons. The highest BCUT2D eigenvalue weighted by Gasteiger charge is 2.30. The summed E-state index contributed by atoms with van der Waals surface area (Å²) in [4.78, 5) is 18.3. The Labute approximate surface area is 192 Å². The molecule has 0 unspecified atom stereocenters. The zero-order valence-electron chi connectivity index (χ0n) is 19.8. The number of hydrogen-bond acceptors (Lipinski definition) is 4. The Hall–Kier alpha value is -2.14. The van der Waals surface area contributed by atoms with E-state index in [2.05, 4.69) is 56.0 Å². The number of ether oxygens (including phenoxy) is 1. The van der Waals surface area contributed by atoms with E-state index in [1.54, 1.807) is 0 Å². The molecule has 1 aliphatic heterocycles. The lowest BCUT2D eigenvalue weighted by atomic mass is 9.72. The van der Waals surface area contributed by atoms with Gasteiger partial charge in [0.15, 0.2) is 0 Å². The second-order valence-corrected chi connectivity index (χ2v) is 10.8. The molecular formula is C27H38N2O3. The quantitative estimate of drug-likeness (QED) is 0.640. The molecule has 0 amide bonds.